The largest absolute Gasteiger partial charge is 3.00 e. The molecule has 2 aliphatic carbocycles. The van der Waals surface area contributed by atoms with Gasteiger partial charge in [0.05, 0.1) is 0 Å². The van der Waals surface area contributed by atoms with Gasteiger partial charge in [-0.05, 0) is 64.2 Å². The van der Waals surface area contributed by atoms with Crippen molar-refractivity contribution in [2.45, 2.75) is 13.8 Å². The zero-order valence-electron chi connectivity index (χ0n) is 9.73. The number of hydrogen-bond acceptors (Lipinski definition) is 1. The molecule has 0 aromatic carbocycles. The molecule has 0 spiro atoms. The summed E-state index contributed by atoms with van der Waals surface area (Å²) in [6, 6.07) is 0. The predicted octanol–water partition coefficient (Wildman–Crippen LogP) is 3.22. The van der Waals surface area contributed by atoms with E-state index in [9.17, 15) is 0 Å². The van der Waals surface area contributed by atoms with Crippen LogP contribution in [0.15, 0.2) is 0 Å². The molecule has 2 rings (SSSR count). The summed E-state index contributed by atoms with van der Waals surface area (Å²) in [5.74, 6) is 0.315. The first-order valence-corrected chi connectivity index (χ1v) is 5.08. The van der Waals surface area contributed by atoms with E-state index in [1.165, 1.54) is 6.61 Å². The maximum atomic E-state index is 8.02. The van der Waals surface area contributed by atoms with Crippen LogP contribution in [-0.2, 0) is 17.1 Å². The van der Waals surface area contributed by atoms with Gasteiger partial charge in [0.15, 0.2) is 0 Å². The molecule has 1 nitrogen and oxygen atoms in total. The Balaban J connectivity index is 0. The molecule has 0 amide bonds. The molecule has 2 saturated carbocycles. The van der Waals surface area contributed by atoms with E-state index in [0.717, 1.165) is 0 Å². The van der Waals surface area contributed by atoms with Crippen molar-refractivity contribution in [2.75, 3.05) is 0 Å². The first-order chi connectivity index (χ1) is 7.27. The first kappa shape index (κ1) is 18.8. The van der Waals surface area contributed by atoms with Gasteiger partial charge >= 0.3 is 17.1 Å². The monoisotopic (exact) mass is 259 g/mol. The van der Waals surface area contributed by atoms with Gasteiger partial charge in [0.2, 0.25) is 0 Å². The van der Waals surface area contributed by atoms with Crippen LogP contribution in [0.5, 0.6) is 0 Å². The molecule has 0 aromatic heterocycles. The third-order valence-corrected chi connectivity index (χ3v) is 1.41. The number of rotatable bonds is 1. The van der Waals surface area contributed by atoms with Gasteiger partial charge in [0.25, 0.3) is 0 Å². The predicted molar refractivity (Wildman–Crippen MR) is 64.1 cm³/mol. The van der Waals surface area contributed by atoms with Crippen LogP contribution in [0.3, 0.4) is 0 Å². The van der Waals surface area contributed by atoms with Crippen LogP contribution in [0.4, 0.5) is 0 Å². The number of aliphatic hydroxyl groups is 1. The van der Waals surface area contributed by atoms with Crippen molar-refractivity contribution in [3.8, 4) is 0 Å². The topological polar surface area (TPSA) is 20.2 Å². The fourth-order valence-electron chi connectivity index (χ4n) is 0.642. The molecule has 2 aliphatic rings. The SMILES string of the molecule is CC(C)[CH-]O.[CH]1[CH][CH][CH][CH]1.[CH]1[CH][CH][CH][CH]1.[Fe+3]. The van der Waals surface area contributed by atoms with Gasteiger partial charge in [0, 0.05) is 0 Å². The van der Waals surface area contributed by atoms with E-state index in [-0.39, 0.29) is 17.1 Å². The molecule has 0 atom stereocenters. The molecular formula is C14H19FeO+2. The van der Waals surface area contributed by atoms with Crippen molar-refractivity contribution in [3.63, 3.8) is 0 Å². The fourth-order valence-corrected chi connectivity index (χ4v) is 0.642. The molecule has 11 radical (unpaired) electrons. The molecule has 0 aromatic rings. The molecule has 0 unspecified atom stereocenters. The number of aliphatic hydroxyl groups excluding tert-OH is 1. The van der Waals surface area contributed by atoms with E-state index in [1.807, 2.05) is 78.1 Å². The van der Waals surface area contributed by atoms with Gasteiger partial charge in [-0.2, -0.15) is 5.92 Å². The summed E-state index contributed by atoms with van der Waals surface area (Å²) >= 11 is 0. The molecule has 87 valence electrons. The van der Waals surface area contributed by atoms with E-state index in [1.54, 1.807) is 0 Å². The summed E-state index contributed by atoms with van der Waals surface area (Å²) in [4.78, 5) is 0. The second-order valence-electron chi connectivity index (χ2n) is 3.32. The van der Waals surface area contributed by atoms with Crippen LogP contribution >= 0.6 is 0 Å². The zero-order chi connectivity index (χ0) is 11.4. The first-order valence-electron chi connectivity index (χ1n) is 5.08. The van der Waals surface area contributed by atoms with Crippen LogP contribution < -0.4 is 0 Å². The third kappa shape index (κ3) is 16.9. The molecule has 1 N–H and O–H groups in total. The van der Waals surface area contributed by atoms with Crippen LogP contribution in [0.25, 0.3) is 0 Å². The van der Waals surface area contributed by atoms with E-state index in [2.05, 4.69) is 0 Å². The van der Waals surface area contributed by atoms with Gasteiger partial charge in [-0.3, -0.25) is 0 Å². The second-order valence-corrected chi connectivity index (χ2v) is 3.32. The molecule has 0 aliphatic heterocycles. The smallest absolute Gasteiger partial charge is 0.566 e. The summed E-state index contributed by atoms with van der Waals surface area (Å²) in [6.07, 6.45) is 20.0. The Morgan fingerprint density at radius 2 is 0.812 bits per heavy atom. The molecule has 0 bridgehead atoms. The van der Waals surface area contributed by atoms with Gasteiger partial charge in [0.1, 0.15) is 0 Å². The minimum Gasteiger partial charge on any atom is -0.566 e. The summed E-state index contributed by atoms with van der Waals surface area (Å²) < 4.78 is 0. The van der Waals surface area contributed by atoms with Crippen molar-refractivity contribution in [1.29, 1.82) is 0 Å². The summed E-state index contributed by atoms with van der Waals surface area (Å²) in [6.45, 7) is 5.00. The Kier molecular flexibility index (Phi) is 18.2. The Morgan fingerprint density at radius 3 is 0.875 bits per heavy atom. The molecule has 0 saturated heterocycles. The van der Waals surface area contributed by atoms with Crippen LogP contribution in [0.1, 0.15) is 13.8 Å². The zero-order valence-corrected chi connectivity index (χ0v) is 10.8. The summed E-state index contributed by atoms with van der Waals surface area (Å²) in [5.41, 5.74) is 0. The Morgan fingerprint density at radius 1 is 0.688 bits per heavy atom. The van der Waals surface area contributed by atoms with Gasteiger partial charge < -0.3 is 5.11 Å². The van der Waals surface area contributed by atoms with Crippen molar-refractivity contribution >= 4 is 0 Å². The molecule has 2 heteroatoms. The van der Waals surface area contributed by atoms with Crippen molar-refractivity contribution < 1.29 is 22.2 Å². The Labute approximate surface area is 113 Å². The van der Waals surface area contributed by atoms with Crippen molar-refractivity contribution in [2.24, 2.45) is 5.92 Å². The molecule has 0 heterocycles. The summed E-state index contributed by atoms with van der Waals surface area (Å²) in [5, 5.41) is 8.02. The van der Waals surface area contributed by atoms with Crippen LogP contribution in [-0.4, -0.2) is 5.11 Å². The Hall–Kier alpha value is 0.479. The standard InChI is InChI=1S/2C5H5.C4H9O.Fe/c2*1-2-4-5-3-1;1-4(2)3-5;/h2*1-5H;3-5H,1-2H3;/q;;-1;+3. The minimum atomic E-state index is 0. The van der Waals surface area contributed by atoms with E-state index in [4.69, 9.17) is 5.11 Å². The fraction of sp³-hybridized carbons (Fsp3) is 0.214. The third-order valence-electron chi connectivity index (χ3n) is 1.41. The maximum absolute atomic E-state index is 8.02. The van der Waals surface area contributed by atoms with Crippen molar-refractivity contribution in [1.82, 2.24) is 0 Å². The minimum absolute atomic E-state index is 0. The normalized spacial score (nSPS) is 18.0. The number of hydrogen-bond donors (Lipinski definition) is 1. The van der Waals surface area contributed by atoms with Crippen LogP contribution in [0, 0.1) is 76.7 Å². The van der Waals surface area contributed by atoms with E-state index < -0.39 is 0 Å². The molecule has 2 fully saturated rings. The van der Waals surface area contributed by atoms with Gasteiger partial charge in [-0.1, -0.05) is 13.8 Å². The molecule has 16 heavy (non-hydrogen) atoms. The maximum Gasteiger partial charge on any atom is 3.00 e. The second kappa shape index (κ2) is 15.5. The van der Waals surface area contributed by atoms with E-state index >= 15 is 0 Å². The average molecular weight is 259 g/mol. The average Bonchev–Trinajstić information content (AvgIpc) is 2.96. The van der Waals surface area contributed by atoms with Gasteiger partial charge in [-0.15, -0.1) is 0 Å². The van der Waals surface area contributed by atoms with Crippen LogP contribution in [0.2, 0.25) is 0 Å². The Bertz CT molecular complexity index is 82.1. The van der Waals surface area contributed by atoms with Crippen molar-refractivity contribution in [3.05, 3.63) is 70.8 Å². The molecular weight excluding hydrogens is 240 g/mol. The quantitative estimate of drug-likeness (QED) is 0.566. The van der Waals surface area contributed by atoms with E-state index in [0.29, 0.717) is 5.92 Å². The van der Waals surface area contributed by atoms with Gasteiger partial charge in [-0.25, -0.2) is 6.61 Å². The summed E-state index contributed by atoms with van der Waals surface area (Å²) in [7, 11) is 0.